The largest absolute Gasteiger partial charge is 0.444 e. The van der Waals surface area contributed by atoms with E-state index in [1.54, 1.807) is 0 Å². The Labute approximate surface area is 141 Å². The molecule has 0 aliphatic heterocycles. The molecule has 0 saturated carbocycles. The summed E-state index contributed by atoms with van der Waals surface area (Å²) in [6.45, 7) is 12.6. The first kappa shape index (κ1) is 19.5. The lowest BCUT2D eigenvalue weighted by Crippen LogP contribution is -2.44. The lowest BCUT2D eigenvalue weighted by Gasteiger charge is -2.23. The number of carbonyl (C=O) groups is 1. The van der Waals surface area contributed by atoms with Gasteiger partial charge in [-0.15, -0.1) is 0 Å². The third kappa shape index (κ3) is 9.24. The Morgan fingerprint density at radius 2 is 1.91 bits per heavy atom. The van der Waals surface area contributed by atoms with Gasteiger partial charge in [0.2, 0.25) is 0 Å². The molecule has 0 aromatic heterocycles. The second-order valence-corrected chi connectivity index (χ2v) is 7.38. The smallest absolute Gasteiger partial charge is 0.407 e. The van der Waals surface area contributed by atoms with Crippen LogP contribution in [0.2, 0.25) is 0 Å². The number of benzene rings is 1. The van der Waals surface area contributed by atoms with Gasteiger partial charge in [-0.25, -0.2) is 4.79 Å². The number of rotatable bonds is 7. The van der Waals surface area contributed by atoms with E-state index in [1.165, 1.54) is 11.1 Å². The van der Waals surface area contributed by atoms with E-state index in [9.17, 15) is 4.79 Å². The fourth-order valence-electron chi connectivity index (χ4n) is 2.29. The summed E-state index contributed by atoms with van der Waals surface area (Å²) in [4.78, 5) is 11.7. The number of hydrogen-bond donors (Lipinski definition) is 2. The molecule has 23 heavy (non-hydrogen) atoms. The van der Waals surface area contributed by atoms with Gasteiger partial charge in [0.05, 0.1) is 0 Å². The summed E-state index contributed by atoms with van der Waals surface area (Å²) < 4.78 is 5.25. The van der Waals surface area contributed by atoms with Crippen molar-refractivity contribution in [2.75, 3.05) is 6.54 Å². The average Bonchev–Trinajstić information content (AvgIpc) is 2.40. The van der Waals surface area contributed by atoms with Crippen LogP contribution >= 0.6 is 0 Å². The fraction of sp³-hybridized carbons (Fsp3) is 0.632. The highest BCUT2D eigenvalue weighted by Crippen LogP contribution is 2.08. The Morgan fingerprint density at radius 3 is 2.52 bits per heavy atom. The molecule has 0 spiro atoms. The second-order valence-electron chi connectivity index (χ2n) is 7.38. The Kier molecular flexibility index (Phi) is 7.56. The minimum Gasteiger partial charge on any atom is -0.444 e. The van der Waals surface area contributed by atoms with Crippen molar-refractivity contribution in [2.45, 2.75) is 72.1 Å². The van der Waals surface area contributed by atoms with Gasteiger partial charge in [0.15, 0.2) is 0 Å². The molecule has 1 rings (SSSR count). The van der Waals surface area contributed by atoms with Crippen LogP contribution in [0.1, 0.15) is 52.2 Å². The number of aryl methyl sites for hydroxylation is 2. The lowest BCUT2D eigenvalue weighted by atomic mass is 10.0. The molecule has 2 N–H and O–H groups in total. The van der Waals surface area contributed by atoms with Gasteiger partial charge in [-0.2, -0.15) is 0 Å². The summed E-state index contributed by atoms with van der Waals surface area (Å²) in [5.41, 5.74) is 2.22. The molecule has 130 valence electrons. The normalized spacial score (nSPS) is 14.2. The molecule has 1 aromatic carbocycles. The van der Waals surface area contributed by atoms with E-state index in [0.717, 1.165) is 19.4 Å². The van der Waals surface area contributed by atoms with Gasteiger partial charge in [0.1, 0.15) is 5.60 Å². The highest BCUT2D eigenvalue weighted by molar-refractivity contribution is 5.68. The molecule has 2 atom stereocenters. The van der Waals surface area contributed by atoms with Crippen LogP contribution in [0, 0.1) is 6.92 Å². The Bertz CT molecular complexity index is 494. The van der Waals surface area contributed by atoms with Crippen LogP contribution in [-0.4, -0.2) is 30.3 Å². The maximum atomic E-state index is 11.7. The zero-order valence-electron chi connectivity index (χ0n) is 15.4. The molecule has 0 fully saturated rings. The van der Waals surface area contributed by atoms with Crippen molar-refractivity contribution in [2.24, 2.45) is 0 Å². The third-order valence-corrected chi connectivity index (χ3v) is 3.48. The molecular weight excluding hydrogens is 288 g/mol. The Morgan fingerprint density at radius 1 is 1.22 bits per heavy atom. The average molecular weight is 320 g/mol. The van der Waals surface area contributed by atoms with Gasteiger partial charge >= 0.3 is 6.09 Å². The van der Waals surface area contributed by atoms with Gasteiger partial charge in [-0.3, -0.25) is 0 Å². The van der Waals surface area contributed by atoms with Crippen molar-refractivity contribution < 1.29 is 9.53 Å². The van der Waals surface area contributed by atoms with Crippen molar-refractivity contribution in [1.29, 1.82) is 0 Å². The monoisotopic (exact) mass is 320 g/mol. The molecule has 4 heteroatoms. The van der Waals surface area contributed by atoms with Crippen LogP contribution in [-0.2, 0) is 11.2 Å². The van der Waals surface area contributed by atoms with Crippen molar-refractivity contribution in [3.8, 4) is 0 Å². The van der Waals surface area contributed by atoms with E-state index < -0.39 is 5.60 Å². The van der Waals surface area contributed by atoms with E-state index >= 15 is 0 Å². The zero-order chi connectivity index (χ0) is 17.5. The summed E-state index contributed by atoms with van der Waals surface area (Å²) >= 11 is 0. The first-order valence-electron chi connectivity index (χ1n) is 8.44. The van der Waals surface area contributed by atoms with Crippen LogP contribution in [0.25, 0.3) is 0 Å². The van der Waals surface area contributed by atoms with Crippen molar-refractivity contribution in [3.63, 3.8) is 0 Å². The summed E-state index contributed by atoms with van der Waals surface area (Å²) in [5, 5.41) is 6.31. The van der Waals surface area contributed by atoms with E-state index in [2.05, 4.69) is 48.7 Å². The second kappa shape index (κ2) is 8.92. The summed E-state index contributed by atoms with van der Waals surface area (Å²) in [5.74, 6) is 0. The highest BCUT2D eigenvalue weighted by Gasteiger charge is 2.17. The minimum absolute atomic E-state index is 0.0336. The number of hydrogen-bond acceptors (Lipinski definition) is 3. The van der Waals surface area contributed by atoms with Gasteiger partial charge in [0, 0.05) is 18.6 Å². The lowest BCUT2D eigenvalue weighted by molar-refractivity contribution is 0.0507. The van der Waals surface area contributed by atoms with Crippen LogP contribution in [0.5, 0.6) is 0 Å². The van der Waals surface area contributed by atoms with E-state index in [0.29, 0.717) is 6.04 Å². The van der Waals surface area contributed by atoms with Gasteiger partial charge in [-0.1, -0.05) is 29.8 Å². The number of ether oxygens (including phenoxy) is 1. The molecule has 2 unspecified atom stereocenters. The predicted molar refractivity (Wildman–Crippen MR) is 95.8 cm³/mol. The maximum absolute atomic E-state index is 11.7. The van der Waals surface area contributed by atoms with E-state index in [4.69, 9.17) is 4.74 Å². The van der Waals surface area contributed by atoms with Gasteiger partial charge in [-0.05, 0) is 59.9 Å². The summed E-state index contributed by atoms with van der Waals surface area (Å²) in [6.07, 6.45) is 1.77. The van der Waals surface area contributed by atoms with Crippen LogP contribution in [0.15, 0.2) is 24.3 Å². The number of nitrogens with one attached hydrogen (secondary N) is 2. The number of amides is 1. The summed E-state index contributed by atoms with van der Waals surface area (Å²) in [6, 6.07) is 9.07. The first-order chi connectivity index (χ1) is 10.7. The van der Waals surface area contributed by atoms with E-state index in [1.807, 2.05) is 27.7 Å². The zero-order valence-corrected chi connectivity index (χ0v) is 15.4. The van der Waals surface area contributed by atoms with Crippen molar-refractivity contribution in [1.82, 2.24) is 10.6 Å². The SMILES string of the molecule is Cc1cccc(CCC(C)NCC(C)NC(=O)OC(C)(C)C)c1. The fourth-order valence-corrected chi connectivity index (χ4v) is 2.29. The van der Waals surface area contributed by atoms with Crippen LogP contribution in [0.3, 0.4) is 0 Å². The quantitative estimate of drug-likeness (QED) is 0.803. The maximum Gasteiger partial charge on any atom is 0.407 e. The van der Waals surface area contributed by atoms with E-state index in [-0.39, 0.29) is 12.1 Å². The van der Waals surface area contributed by atoms with Crippen molar-refractivity contribution >= 4 is 6.09 Å². The number of alkyl carbamates (subject to hydrolysis) is 1. The minimum atomic E-state index is -0.460. The molecule has 1 aromatic rings. The standard InChI is InChI=1S/C19H32N2O2/c1-14-8-7-9-17(12-14)11-10-15(2)20-13-16(3)21-18(22)23-19(4,5)6/h7-9,12,15-16,20H,10-11,13H2,1-6H3,(H,21,22). The van der Waals surface area contributed by atoms with Gasteiger partial charge < -0.3 is 15.4 Å². The Hall–Kier alpha value is -1.55. The molecule has 0 aliphatic rings. The molecular formula is C19H32N2O2. The highest BCUT2D eigenvalue weighted by atomic mass is 16.6. The molecule has 0 aliphatic carbocycles. The molecule has 4 nitrogen and oxygen atoms in total. The molecule has 0 heterocycles. The Balaban J connectivity index is 2.24. The third-order valence-electron chi connectivity index (χ3n) is 3.48. The molecule has 0 bridgehead atoms. The summed E-state index contributed by atoms with van der Waals surface area (Å²) in [7, 11) is 0. The van der Waals surface area contributed by atoms with Crippen molar-refractivity contribution in [3.05, 3.63) is 35.4 Å². The van der Waals surface area contributed by atoms with Crippen LogP contribution < -0.4 is 10.6 Å². The predicted octanol–water partition coefficient (Wildman–Crippen LogP) is 3.82. The topological polar surface area (TPSA) is 50.4 Å². The van der Waals surface area contributed by atoms with Gasteiger partial charge in [0.25, 0.3) is 0 Å². The number of carbonyl (C=O) groups excluding carboxylic acids is 1. The molecule has 1 amide bonds. The van der Waals surface area contributed by atoms with Crippen LogP contribution in [0.4, 0.5) is 4.79 Å². The first-order valence-corrected chi connectivity index (χ1v) is 8.44. The molecule has 0 saturated heterocycles. The molecule has 0 radical (unpaired) electrons.